The van der Waals surface area contributed by atoms with Crippen molar-refractivity contribution in [1.29, 1.82) is 0 Å². The predicted octanol–water partition coefficient (Wildman–Crippen LogP) is 5.61. The molecule has 0 aliphatic heterocycles. The summed E-state index contributed by atoms with van der Waals surface area (Å²) < 4.78 is 16.1. The lowest BCUT2D eigenvalue weighted by atomic mass is 10.0. The quantitative estimate of drug-likeness (QED) is 0.307. The van der Waals surface area contributed by atoms with Crippen molar-refractivity contribution in [2.75, 3.05) is 7.11 Å². The number of halogens is 1. The van der Waals surface area contributed by atoms with Gasteiger partial charge in [-0.05, 0) is 42.0 Å². The maximum Gasteiger partial charge on any atom is 0.308 e. The number of carbonyl (C=O) groups is 2. The number of rotatable bonds is 9. The normalized spacial score (nSPS) is 11.5. The summed E-state index contributed by atoms with van der Waals surface area (Å²) in [6, 6.07) is 22.6. The van der Waals surface area contributed by atoms with Crippen molar-refractivity contribution in [3.05, 3.63) is 107 Å². The molecule has 0 saturated heterocycles. The zero-order valence-corrected chi connectivity index (χ0v) is 19.7. The Balaban J connectivity index is 1.40. The molecule has 0 radical (unpaired) electrons. The van der Waals surface area contributed by atoms with Crippen molar-refractivity contribution in [2.24, 2.45) is 0 Å². The van der Waals surface area contributed by atoms with Gasteiger partial charge in [0.05, 0.1) is 30.2 Å². The fourth-order valence-electron chi connectivity index (χ4n) is 3.44. The third kappa shape index (κ3) is 6.28. The van der Waals surface area contributed by atoms with Crippen LogP contribution >= 0.6 is 11.6 Å². The van der Waals surface area contributed by atoms with Crippen molar-refractivity contribution in [3.8, 4) is 17.2 Å². The molecule has 4 rings (SSSR count). The van der Waals surface area contributed by atoms with Crippen LogP contribution in [0.3, 0.4) is 0 Å². The average molecular weight is 491 g/mol. The summed E-state index contributed by atoms with van der Waals surface area (Å²) in [4.78, 5) is 29.8. The molecule has 1 N–H and O–H groups in total. The van der Waals surface area contributed by atoms with Crippen LogP contribution in [0.2, 0.25) is 5.02 Å². The van der Waals surface area contributed by atoms with Crippen LogP contribution in [0.4, 0.5) is 0 Å². The van der Waals surface area contributed by atoms with Gasteiger partial charge in [-0.1, -0.05) is 54.1 Å². The fraction of sp³-hybridized carbons (Fsp3) is 0.148. The summed E-state index contributed by atoms with van der Waals surface area (Å²) >= 11 is 6.16. The van der Waals surface area contributed by atoms with Gasteiger partial charge in [0.25, 0.3) is 5.91 Å². The zero-order valence-electron chi connectivity index (χ0n) is 18.9. The van der Waals surface area contributed by atoms with E-state index in [2.05, 4.69) is 10.3 Å². The highest BCUT2D eigenvalue weighted by molar-refractivity contribution is 6.33. The Morgan fingerprint density at radius 3 is 2.43 bits per heavy atom. The Kier molecular flexibility index (Phi) is 7.80. The zero-order chi connectivity index (χ0) is 24.6. The SMILES string of the molecule is COc1ccc(-c2nc(COC(=O)C[C@H](NC(=O)c3ccccc3Cl)c3ccccc3)co2)cc1. The van der Waals surface area contributed by atoms with Crippen LogP contribution in [0.1, 0.15) is 34.1 Å². The molecule has 7 nitrogen and oxygen atoms in total. The van der Waals surface area contributed by atoms with E-state index in [1.165, 1.54) is 6.26 Å². The Morgan fingerprint density at radius 2 is 1.71 bits per heavy atom. The number of esters is 1. The molecule has 4 aromatic rings. The number of benzene rings is 3. The first kappa shape index (κ1) is 24.0. The van der Waals surface area contributed by atoms with E-state index in [0.29, 0.717) is 22.2 Å². The van der Waals surface area contributed by atoms with Crippen LogP contribution in [0, 0.1) is 0 Å². The number of ether oxygens (including phenoxy) is 2. The molecule has 0 aliphatic rings. The molecule has 3 aromatic carbocycles. The van der Waals surface area contributed by atoms with E-state index in [-0.39, 0.29) is 18.9 Å². The third-order valence-corrected chi connectivity index (χ3v) is 5.60. The predicted molar refractivity (Wildman–Crippen MR) is 131 cm³/mol. The number of nitrogens with one attached hydrogen (secondary N) is 1. The van der Waals surface area contributed by atoms with Gasteiger partial charge in [0, 0.05) is 5.56 Å². The number of carbonyl (C=O) groups excluding carboxylic acids is 2. The van der Waals surface area contributed by atoms with Crippen LogP contribution in [-0.2, 0) is 16.1 Å². The van der Waals surface area contributed by atoms with Gasteiger partial charge in [0.1, 0.15) is 24.3 Å². The molecule has 0 bridgehead atoms. The molecule has 1 atom stereocenters. The molecular formula is C27H23ClN2O5. The Labute approximate surface area is 207 Å². The minimum atomic E-state index is -0.598. The van der Waals surface area contributed by atoms with Gasteiger partial charge in [0.2, 0.25) is 5.89 Å². The third-order valence-electron chi connectivity index (χ3n) is 5.27. The van der Waals surface area contributed by atoms with Crippen LogP contribution in [0.15, 0.2) is 89.5 Å². The molecule has 1 aromatic heterocycles. The lowest BCUT2D eigenvalue weighted by Gasteiger charge is -2.19. The summed E-state index contributed by atoms with van der Waals surface area (Å²) in [5.41, 5.74) is 2.35. The first-order chi connectivity index (χ1) is 17.0. The standard InChI is InChI=1S/C27H23ClN2O5/c1-33-21-13-11-19(12-14-21)27-29-20(17-35-27)16-34-25(31)15-24(18-7-3-2-4-8-18)30-26(32)22-9-5-6-10-23(22)28/h2-14,17,24H,15-16H2,1H3,(H,30,32)/t24-/m0/s1. The van der Waals surface area contributed by atoms with Crippen molar-refractivity contribution < 1.29 is 23.5 Å². The van der Waals surface area contributed by atoms with Gasteiger partial charge in [-0.15, -0.1) is 0 Å². The van der Waals surface area contributed by atoms with Crippen LogP contribution in [0.25, 0.3) is 11.5 Å². The molecule has 35 heavy (non-hydrogen) atoms. The summed E-state index contributed by atoms with van der Waals surface area (Å²) in [5.74, 6) is 0.266. The lowest BCUT2D eigenvalue weighted by Crippen LogP contribution is -2.30. The maximum atomic E-state index is 12.8. The van der Waals surface area contributed by atoms with E-state index in [0.717, 1.165) is 16.9 Å². The second-order valence-corrected chi connectivity index (χ2v) is 8.06. The Morgan fingerprint density at radius 1 is 1.00 bits per heavy atom. The van der Waals surface area contributed by atoms with E-state index in [1.807, 2.05) is 42.5 Å². The molecule has 0 saturated carbocycles. The number of aromatic nitrogens is 1. The summed E-state index contributed by atoms with van der Waals surface area (Å²) in [6.45, 7) is -0.0571. The molecule has 0 fully saturated rings. The molecule has 1 amide bonds. The van der Waals surface area contributed by atoms with Gasteiger partial charge in [-0.3, -0.25) is 9.59 Å². The molecule has 1 heterocycles. The average Bonchev–Trinajstić information content (AvgIpc) is 3.37. The van der Waals surface area contributed by atoms with E-state index in [9.17, 15) is 9.59 Å². The van der Waals surface area contributed by atoms with E-state index < -0.39 is 12.0 Å². The van der Waals surface area contributed by atoms with E-state index in [4.69, 9.17) is 25.5 Å². The van der Waals surface area contributed by atoms with Gasteiger partial charge >= 0.3 is 5.97 Å². The fourth-order valence-corrected chi connectivity index (χ4v) is 3.66. The first-order valence-electron chi connectivity index (χ1n) is 10.9. The molecule has 178 valence electrons. The minimum Gasteiger partial charge on any atom is -0.497 e. The van der Waals surface area contributed by atoms with Crippen LogP contribution in [-0.4, -0.2) is 24.0 Å². The number of amides is 1. The lowest BCUT2D eigenvalue weighted by molar-refractivity contribution is -0.145. The number of oxazole rings is 1. The molecule has 0 aliphatic carbocycles. The monoisotopic (exact) mass is 490 g/mol. The number of methoxy groups -OCH3 is 1. The minimum absolute atomic E-state index is 0.0571. The van der Waals surface area contributed by atoms with Gasteiger partial charge in [-0.2, -0.15) is 0 Å². The van der Waals surface area contributed by atoms with E-state index >= 15 is 0 Å². The highest BCUT2D eigenvalue weighted by Gasteiger charge is 2.21. The summed E-state index contributed by atoms with van der Waals surface area (Å²) in [5, 5.41) is 3.22. The van der Waals surface area contributed by atoms with Crippen LogP contribution in [0.5, 0.6) is 5.75 Å². The molecule has 8 heteroatoms. The first-order valence-corrected chi connectivity index (χ1v) is 11.3. The number of nitrogens with zero attached hydrogens (tertiary/aromatic N) is 1. The largest absolute Gasteiger partial charge is 0.497 e. The van der Waals surface area contributed by atoms with Crippen molar-refractivity contribution in [2.45, 2.75) is 19.1 Å². The van der Waals surface area contributed by atoms with Gasteiger partial charge in [0.15, 0.2) is 0 Å². The summed E-state index contributed by atoms with van der Waals surface area (Å²) in [7, 11) is 1.59. The van der Waals surface area contributed by atoms with E-state index in [1.54, 1.807) is 43.5 Å². The van der Waals surface area contributed by atoms with Gasteiger partial charge < -0.3 is 19.2 Å². The van der Waals surface area contributed by atoms with Crippen molar-refractivity contribution >= 4 is 23.5 Å². The Hall–Kier alpha value is -4.10. The molecular weight excluding hydrogens is 468 g/mol. The second-order valence-electron chi connectivity index (χ2n) is 7.65. The topological polar surface area (TPSA) is 90.7 Å². The maximum absolute atomic E-state index is 12.8. The smallest absolute Gasteiger partial charge is 0.308 e. The van der Waals surface area contributed by atoms with Crippen molar-refractivity contribution in [1.82, 2.24) is 10.3 Å². The summed E-state index contributed by atoms with van der Waals surface area (Å²) in [6.07, 6.45) is 1.38. The second kappa shape index (κ2) is 11.4. The highest BCUT2D eigenvalue weighted by atomic mass is 35.5. The van der Waals surface area contributed by atoms with Crippen molar-refractivity contribution in [3.63, 3.8) is 0 Å². The van der Waals surface area contributed by atoms with Gasteiger partial charge in [-0.25, -0.2) is 4.98 Å². The Bertz CT molecular complexity index is 1290. The number of hydrogen-bond acceptors (Lipinski definition) is 6. The van der Waals surface area contributed by atoms with Crippen LogP contribution < -0.4 is 10.1 Å². The molecule has 0 spiro atoms. The number of hydrogen-bond donors (Lipinski definition) is 1. The molecule has 0 unspecified atom stereocenters. The highest BCUT2D eigenvalue weighted by Crippen LogP contribution is 2.23.